The highest BCUT2D eigenvalue weighted by Crippen LogP contribution is 2.28. The molecule has 2 atom stereocenters. The third kappa shape index (κ3) is 2.63. The van der Waals surface area contributed by atoms with Crippen LogP contribution in [0, 0.1) is 5.92 Å². The van der Waals surface area contributed by atoms with Crippen LogP contribution in [0.4, 0.5) is 5.82 Å². The van der Waals surface area contributed by atoms with Crippen molar-refractivity contribution in [2.75, 3.05) is 11.9 Å². The second kappa shape index (κ2) is 5.40. The molecule has 0 aromatic carbocycles. The van der Waals surface area contributed by atoms with Gasteiger partial charge in [-0.3, -0.25) is 0 Å². The Labute approximate surface area is 118 Å². The Bertz CT molecular complexity index is 530. The van der Waals surface area contributed by atoms with E-state index in [2.05, 4.69) is 10.3 Å². The molecule has 1 fully saturated rings. The van der Waals surface area contributed by atoms with Crippen molar-refractivity contribution in [2.24, 2.45) is 5.92 Å². The minimum absolute atomic E-state index is 0.200. The van der Waals surface area contributed by atoms with Crippen LogP contribution in [0.3, 0.4) is 0 Å². The predicted molar refractivity (Wildman–Crippen MR) is 75.1 cm³/mol. The van der Waals surface area contributed by atoms with Gasteiger partial charge in [0.1, 0.15) is 11.4 Å². The third-order valence-electron chi connectivity index (χ3n) is 4.35. The highest BCUT2D eigenvalue weighted by atomic mass is 16.4. The molecule has 1 aromatic rings. The van der Waals surface area contributed by atoms with Crippen molar-refractivity contribution in [3.63, 3.8) is 0 Å². The summed E-state index contributed by atoms with van der Waals surface area (Å²) in [5, 5.41) is 22.0. The molecular weight excluding hydrogens is 256 g/mol. The summed E-state index contributed by atoms with van der Waals surface area (Å²) in [5.74, 6) is -0.0394. The first-order valence-electron chi connectivity index (χ1n) is 7.31. The molecule has 5 heteroatoms. The Morgan fingerprint density at radius 3 is 2.95 bits per heavy atom. The maximum Gasteiger partial charge on any atom is 0.339 e. The van der Waals surface area contributed by atoms with Crippen LogP contribution in [0.1, 0.15) is 47.3 Å². The lowest BCUT2D eigenvalue weighted by molar-refractivity contribution is 0.0697. The number of hydrogen-bond acceptors (Lipinski definition) is 4. The second-order valence-corrected chi connectivity index (χ2v) is 5.86. The van der Waals surface area contributed by atoms with Crippen LogP contribution in [0.25, 0.3) is 0 Å². The van der Waals surface area contributed by atoms with E-state index in [1.807, 2.05) is 0 Å². The number of nitrogens with zero attached hydrogens (tertiary/aromatic N) is 1. The van der Waals surface area contributed by atoms with Crippen molar-refractivity contribution in [3.8, 4) is 0 Å². The molecule has 0 aliphatic heterocycles. The fraction of sp³-hybridized carbons (Fsp3) is 0.600. The van der Waals surface area contributed by atoms with Gasteiger partial charge >= 0.3 is 5.97 Å². The number of carboxylic acid groups (broad SMARTS) is 1. The van der Waals surface area contributed by atoms with E-state index >= 15 is 0 Å². The van der Waals surface area contributed by atoms with Crippen LogP contribution in [0.2, 0.25) is 0 Å². The van der Waals surface area contributed by atoms with Gasteiger partial charge in [0.15, 0.2) is 0 Å². The van der Waals surface area contributed by atoms with E-state index in [-0.39, 0.29) is 11.7 Å². The van der Waals surface area contributed by atoms with E-state index in [9.17, 15) is 15.0 Å². The van der Waals surface area contributed by atoms with Gasteiger partial charge in [0.2, 0.25) is 0 Å². The standard InChI is InChI=1S/C15H20N2O3/c18-11-5-4-9(6-11)8-16-14-12(15(19)20)7-10-2-1-3-13(10)17-14/h7,9,11,18H,1-6,8H2,(H,16,17)(H,19,20). The Morgan fingerprint density at radius 1 is 1.40 bits per heavy atom. The second-order valence-electron chi connectivity index (χ2n) is 5.86. The molecule has 20 heavy (non-hydrogen) atoms. The van der Waals surface area contributed by atoms with Gasteiger partial charge in [0, 0.05) is 12.2 Å². The normalized spacial score (nSPS) is 24.6. The summed E-state index contributed by atoms with van der Waals surface area (Å²) < 4.78 is 0. The summed E-state index contributed by atoms with van der Waals surface area (Å²) in [4.78, 5) is 15.8. The zero-order valence-electron chi connectivity index (χ0n) is 11.4. The zero-order valence-corrected chi connectivity index (χ0v) is 11.4. The van der Waals surface area contributed by atoms with E-state index in [0.29, 0.717) is 18.3 Å². The zero-order chi connectivity index (χ0) is 14.1. The van der Waals surface area contributed by atoms with Crippen molar-refractivity contribution in [2.45, 2.75) is 44.6 Å². The lowest BCUT2D eigenvalue weighted by atomic mass is 10.1. The van der Waals surface area contributed by atoms with Gasteiger partial charge in [-0.1, -0.05) is 0 Å². The molecule has 1 heterocycles. The number of fused-ring (bicyclic) bond motifs is 1. The van der Waals surface area contributed by atoms with Gasteiger partial charge in [-0.25, -0.2) is 9.78 Å². The molecule has 3 rings (SSSR count). The number of carboxylic acids is 1. The first-order valence-corrected chi connectivity index (χ1v) is 7.31. The molecule has 1 saturated carbocycles. The summed E-state index contributed by atoms with van der Waals surface area (Å²) >= 11 is 0. The minimum atomic E-state index is -0.929. The fourth-order valence-electron chi connectivity index (χ4n) is 3.24. The van der Waals surface area contributed by atoms with Gasteiger partial charge < -0.3 is 15.5 Å². The number of pyridine rings is 1. The SMILES string of the molecule is O=C(O)c1cc2c(nc1NCC1CCC(O)C1)CCC2. The highest BCUT2D eigenvalue weighted by Gasteiger charge is 2.24. The number of rotatable bonds is 4. The number of aryl methyl sites for hydroxylation is 2. The van der Waals surface area contributed by atoms with Gasteiger partial charge in [0.25, 0.3) is 0 Å². The summed E-state index contributed by atoms with van der Waals surface area (Å²) in [6, 6.07) is 1.77. The number of aromatic carboxylic acids is 1. The fourth-order valence-corrected chi connectivity index (χ4v) is 3.24. The van der Waals surface area contributed by atoms with Crippen LogP contribution < -0.4 is 5.32 Å². The molecule has 2 aliphatic carbocycles. The molecule has 1 aromatic heterocycles. The number of aliphatic hydroxyl groups is 1. The number of aliphatic hydroxyl groups excluding tert-OH is 1. The molecule has 108 valence electrons. The van der Waals surface area contributed by atoms with Crippen molar-refractivity contribution >= 4 is 11.8 Å². The highest BCUT2D eigenvalue weighted by molar-refractivity contribution is 5.93. The molecule has 2 unspecified atom stereocenters. The van der Waals surface area contributed by atoms with E-state index in [1.54, 1.807) is 6.07 Å². The number of anilines is 1. The van der Waals surface area contributed by atoms with E-state index in [0.717, 1.165) is 49.8 Å². The number of carbonyl (C=O) groups is 1. The van der Waals surface area contributed by atoms with Crippen molar-refractivity contribution < 1.29 is 15.0 Å². The summed E-state index contributed by atoms with van der Waals surface area (Å²) in [6.07, 6.45) is 5.34. The maximum atomic E-state index is 11.3. The molecule has 0 amide bonds. The molecule has 0 radical (unpaired) electrons. The lowest BCUT2D eigenvalue weighted by Crippen LogP contribution is -2.16. The van der Waals surface area contributed by atoms with Gasteiger partial charge in [-0.15, -0.1) is 0 Å². The Kier molecular flexibility index (Phi) is 3.61. The quantitative estimate of drug-likeness (QED) is 0.781. The van der Waals surface area contributed by atoms with Gasteiger partial charge in [0.05, 0.1) is 6.10 Å². The van der Waals surface area contributed by atoms with Gasteiger partial charge in [-0.2, -0.15) is 0 Å². The molecular formula is C15H20N2O3. The smallest absolute Gasteiger partial charge is 0.339 e. The summed E-state index contributed by atoms with van der Waals surface area (Å²) in [6.45, 7) is 0.684. The van der Waals surface area contributed by atoms with Crippen LogP contribution in [-0.4, -0.2) is 33.8 Å². The largest absolute Gasteiger partial charge is 0.478 e. The summed E-state index contributed by atoms with van der Waals surface area (Å²) in [5.41, 5.74) is 2.37. The first-order chi connectivity index (χ1) is 9.63. The number of aromatic nitrogens is 1. The van der Waals surface area contributed by atoms with Crippen LogP contribution in [-0.2, 0) is 12.8 Å². The monoisotopic (exact) mass is 276 g/mol. The Balaban J connectivity index is 1.76. The molecule has 2 aliphatic rings. The van der Waals surface area contributed by atoms with Crippen LogP contribution in [0.15, 0.2) is 6.07 Å². The van der Waals surface area contributed by atoms with Crippen molar-refractivity contribution in [1.29, 1.82) is 0 Å². The average Bonchev–Trinajstić information content (AvgIpc) is 3.03. The first kappa shape index (κ1) is 13.4. The van der Waals surface area contributed by atoms with E-state index in [1.165, 1.54) is 0 Å². The summed E-state index contributed by atoms with van der Waals surface area (Å²) in [7, 11) is 0. The Morgan fingerprint density at radius 2 is 2.25 bits per heavy atom. The van der Waals surface area contributed by atoms with Crippen LogP contribution >= 0.6 is 0 Å². The van der Waals surface area contributed by atoms with Gasteiger partial charge in [-0.05, 0) is 56.1 Å². The molecule has 3 N–H and O–H groups in total. The van der Waals surface area contributed by atoms with Crippen molar-refractivity contribution in [1.82, 2.24) is 4.98 Å². The minimum Gasteiger partial charge on any atom is -0.478 e. The topological polar surface area (TPSA) is 82.5 Å². The van der Waals surface area contributed by atoms with E-state index < -0.39 is 5.97 Å². The van der Waals surface area contributed by atoms with Crippen LogP contribution in [0.5, 0.6) is 0 Å². The van der Waals surface area contributed by atoms with Crippen molar-refractivity contribution in [3.05, 3.63) is 22.9 Å². The molecule has 0 bridgehead atoms. The number of hydrogen-bond donors (Lipinski definition) is 3. The average molecular weight is 276 g/mol. The molecule has 0 saturated heterocycles. The third-order valence-corrected chi connectivity index (χ3v) is 4.35. The molecule has 0 spiro atoms. The molecule has 5 nitrogen and oxygen atoms in total. The lowest BCUT2D eigenvalue weighted by Gasteiger charge is -2.14. The Hall–Kier alpha value is -1.62. The maximum absolute atomic E-state index is 11.3. The predicted octanol–water partition coefficient (Wildman–Crippen LogP) is 1.84. The van der Waals surface area contributed by atoms with E-state index in [4.69, 9.17) is 0 Å². The number of nitrogens with one attached hydrogen (secondary N) is 1.